The molecular weight excluding hydrogens is 168 g/mol. The van der Waals surface area contributed by atoms with Gasteiger partial charge in [-0.3, -0.25) is 4.68 Å². The minimum Gasteiger partial charge on any atom is -0.369 e. The molecule has 0 spiro atoms. The van der Waals surface area contributed by atoms with E-state index in [9.17, 15) is 4.79 Å². The predicted octanol–water partition coefficient (Wildman–Crippen LogP) is 1.18. The summed E-state index contributed by atoms with van der Waals surface area (Å²) in [5, 5.41) is 2.67. The maximum absolute atomic E-state index is 10.5. The second kappa shape index (κ2) is 3.54. The number of nitrogens with one attached hydrogen (secondary N) is 1. The van der Waals surface area contributed by atoms with Crippen LogP contribution in [0.1, 0.15) is 19.9 Å². The molecule has 0 aliphatic carbocycles. The monoisotopic (exact) mass is 179 g/mol. The Balaban J connectivity index is 0.000001000. The zero-order chi connectivity index (χ0) is 7.72. The van der Waals surface area contributed by atoms with Crippen LogP contribution in [0.3, 0.4) is 0 Å². The van der Waals surface area contributed by atoms with Crippen LogP contribution in [-0.4, -0.2) is 14.8 Å². The summed E-state index contributed by atoms with van der Waals surface area (Å²) in [6, 6.07) is 0.141. The Morgan fingerprint density at radius 1 is 1.64 bits per heavy atom. The first kappa shape index (κ1) is 10.2. The van der Waals surface area contributed by atoms with E-state index in [0.29, 0.717) is 0 Å². The van der Waals surface area contributed by atoms with Gasteiger partial charge in [0.15, 0.2) is 0 Å². The summed E-state index contributed by atoms with van der Waals surface area (Å²) >= 11 is 5.56. The van der Waals surface area contributed by atoms with Crippen LogP contribution in [0.2, 0.25) is 5.28 Å². The standard InChI is InChI=1S/C5H8ClN3O.H3N/c1-3(2)9-4(6)7-5(10)8-9;/h3H,1-2H3,(H,8,10);1H3/p+1. The van der Waals surface area contributed by atoms with Gasteiger partial charge in [-0.15, -0.1) is 0 Å². The maximum atomic E-state index is 10.5. The molecule has 0 radical (unpaired) electrons. The van der Waals surface area contributed by atoms with Crippen LogP contribution in [0.25, 0.3) is 0 Å². The second-order valence-electron chi connectivity index (χ2n) is 2.26. The van der Waals surface area contributed by atoms with Gasteiger partial charge in [0.25, 0.3) is 0 Å². The first-order chi connectivity index (χ1) is 4.61. The van der Waals surface area contributed by atoms with E-state index in [0.717, 1.165) is 0 Å². The van der Waals surface area contributed by atoms with Crippen molar-refractivity contribution < 1.29 is 0 Å². The van der Waals surface area contributed by atoms with Gasteiger partial charge >= 0.3 is 5.69 Å². The maximum Gasteiger partial charge on any atom is 0.362 e. The Bertz CT molecular complexity index is 276. The van der Waals surface area contributed by atoms with E-state index in [-0.39, 0.29) is 17.5 Å². The summed E-state index contributed by atoms with van der Waals surface area (Å²) in [6.07, 6.45) is 0. The van der Waals surface area contributed by atoms with E-state index in [1.807, 2.05) is 13.8 Å². The molecule has 0 aliphatic rings. The molecule has 5 nitrogen and oxygen atoms in total. The third kappa shape index (κ3) is 2.06. The molecule has 6 heteroatoms. The molecule has 11 heavy (non-hydrogen) atoms. The van der Waals surface area contributed by atoms with Crippen LogP contribution in [0, 0.1) is 0 Å². The van der Waals surface area contributed by atoms with Crippen molar-refractivity contribution in [2.24, 2.45) is 0 Å². The van der Waals surface area contributed by atoms with Gasteiger partial charge in [0.05, 0.1) is 0 Å². The summed E-state index contributed by atoms with van der Waals surface area (Å²) in [5.41, 5.74) is -0.404. The van der Waals surface area contributed by atoms with Crippen LogP contribution >= 0.6 is 11.6 Å². The molecule has 64 valence electrons. The largest absolute Gasteiger partial charge is 0.369 e. The number of quaternary nitrogens is 1. The van der Waals surface area contributed by atoms with Crippen LogP contribution in [0.4, 0.5) is 0 Å². The first-order valence-corrected chi connectivity index (χ1v) is 3.33. The molecule has 0 saturated carbocycles. The van der Waals surface area contributed by atoms with Crippen molar-refractivity contribution >= 4 is 11.6 Å². The average Bonchev–Trinajstić information content (AvgIpc) is 2.10. The highest BCUT2D eigenvalue weighted by atomic mass is 35.5. The number of aromatic amines is 1. The Morgan fingerprint density at radius 2 is 2.18 bits per heavy atom. The van der Waals surface area contributed by atoms with Gasteiger partial charge < -0.3 is 6.15 Å². The van der Waals surface area contributed by atoms with Crippen LogP contribution in [0.15, 0.2) is 4.79 Å². The van der Waals surface area contributed by atoms with Crippen molar-refractivity contribution in [1.29, 1.82) is 0 Å². The minimum atomic E-state index is -0.404. The number of rotatable bonds is 1. The zero-order valence-corrected chi connectivity index (χ0v) is 7.51. The summed E-state index contributed by atoms with van der Waals surface area (Å²) < 4.78 is 1.50. The van der Waals surface area contributed by atoms with Gasteiger partial charge in [-0.2, -0.15) is 4.98 Å². The normalized spacial score (nSPS) is 9.82. The van der Waals surface area contributed by atoms with E-state index in [1.54, 1.807) is 0 Å². The lowest BCUT2D eigenvalue weighted by atomic mass is 10.4. The van der Waals surface area contributed by atoms with Crippen molar-refractivity contribution in [2.75, 3.05) is 0 Å². The fourth-order valence-corrected chi connectivity index (χ4v) is 0.968. The number of hydrogen-bond donors (Lipinski definition) is 2. The molecule has 1 aromatic heterocycles. The van der Waals surface area contributed by atoms with Gasteiger partial charge in [-0.25, -0.2) is 9.89 Å². The third-order valence-corrected chi connectivity index (χ3v) is 1.39. The fraction of sp³-hybridized carbons (Fsp3) is 0.600. The number of nitrogens with zero attached hydrogens (tertiary/aromatic N) is 2. The topological polar surface area (TPSA) is 87.2 Å². The average molecular weight is 180 g/mol. The smallest absolute Gasteiger partial charge is 0.362 e. The quantitative estimate of drug-likeness (QED) is 0.678. The molecule has 0 aliphatic heterocycles. The minimum absolute atomic E-state index is 0. The molecule has 0 bridgehead atoms. The van der Waals surface area contributed by atoms with Crippen LogP contribution in [-0.2, 0) is 0 Å². The Kier molecular flexibility index (Phi) is 3.28. The molecule has 0 saturated heterocycles. The number of hydrogen-bond acceptors (Lipinski definition) is 2. The zero-order valence-electron chi connectivity index (χ0n) is 6.76. The van der Waals surface area contributed by atoms with Gasteiger partial charge in [0.1, 0.15) is 0 Å². The molecule has 1 heterocycles. The molecular formula is C5H12ClN4O+. The highest BCUT2D eigenvalue weighted by Crippen LogP contribution is 2.06. The lowest BCUT2D eigenvalue weighted by Gasteiger charge is -2.04. The van der Waals surface area contributed by atoms with Crippen molar-refractivity contribution in [2.45, 2.75) is 19.9 Å². The number of halogens is 1. The molecule has 0 aromatic carbocycles. The van der Waals surface area contributed by atoms with E-state index < -0.39 is 5.69 Å². The Labute approximate surface area is 69.0 Å². The van der Waals surface area contributed by atoms with Crippen molar-refractivity contribution in [1.82, 2.24) is 20.9 Å². The summed E-state index contributed by atoms with van der Waals surface area (Å²) in [4.78, 5) is 14.0. The van der Waals surface area contributed by atoms with Crippen LogP contribution < -0.4 is 11.8 Å². The van der Waals surface area contributed by atoms with E-state index in [4.69, 9.17) is 11.6 Å². The molecule has 0 fully saturated rings. The first-order valence-electron chi connectivity index (χ1n) is 2.95. The van der Waals surface area contributed by atoms with Crippen molar-refractivity contribution in [3.05, 3.63) is 15.8 Å². The lowest BCUT2D eigenvalue weighted by Crippen LogP contribution is -2.08. The SMILES string of the molecule is CC(C)n1[nH]c(=O)nc1Cl.[NH4+]. The van der Waals surface area contributed by atoms with Crippen LogP contribution in [0.5, 0.6) is 0 Å². The van der Waals surface area contributed by atoms with Gasteiger partial charge in [0, 0.05) is 6.04 Å². The molecule has 0 unspecified atom stereocenters. The highest BCUT2D eigenvalue weighted by Gasteiger charge is 2.04. The molecule has 5 N–H and O–H groups in total. The number of H-pyrrole nitrogens is 1. The van der Waals surface area contributed by atoms with Gasteiger partial charge in [-0.1, -0.05) is 0 Å². The van der Waals surface area contributed by atoms with Crippen molar-refractivity contribution in [3.8, 4) is 0 Å². The van der Waals surface area contributed by atoms with Gasteiger partial charge in [0.2, 0.25) is 5.28 Å². The summed E-state index contributed by atoms with van der Waals surface area (Å²) in [7, 11) is 0. The summed E-state index contributed by atoms with van der Waals surface area (Å²) in [6.45, 7) is 3.81. The molecule has 1 aromatic rings. The van der Waals surface area contributed by atoms with E-state index >= 15 is 0 Å². The van der Waals surface area contributed by atoms with Gasteiger partial charge in [-0.05, 0) is 25.4 Å². The molecule has 0 atom stereocenters. The fourth-order valence-electron chi connectivity index (χ4n) is 0.654. The highest BCUT2D eigenvalue weighted by molar-refractivity contribution is 6.28. The number of aromatic nitrogens is 3. The van der Waals surface area contributed by atoms with Crippen molar-refractivity contribution in [3.63, 3.8) is 0 Å². The van der Waals surface area contributed by atoms with E-state index in [1.165, 1.54) is 4.68 Å². The third-order valence-electron chi connectivity index (χ3n) is 1.13. The molecule has 1 rings (SSSR count). The van der Waals surface area contributed by atoms with E-state index in [2.05, 4.69) is 10.1 Å². The lowest BCUT2D eigenvalue weighted by molar-refractivity contribution is 0.528. The summed E-state index contributed by atoms with van der Waals surface area (Å²) in [5.74, 6) is 0. The predicted molar refractivity (Wildman–Crippen MR) is 44.2 cm³/mol. The Morgan fingerprint density at radius 3 is 2.36 bits per heavy atom. The molecule has 0 amide bonds. The Hall–Kier alpha value is -0.810. The second-order valence-corrected chi connectivity index (χ2v) is 2.60.